The van der Waals surface area contributed by atoms with Crippen LogP contribution < -0.4 is 15.5 Å². The molecule has 0 unspecified atom stereocenters. The molecule has 0 spiro atoms. The molecule has 3 aromatic rings. The highest BCUT2D eigenvalue weighted by molar-refractivity contribution is 7.12. The number of thiophene rings is 1. The summed E-state index contributed by atoms with van der Waals surface area (Å²) in [4.78, 5) is 45.9. The van der Waals surface area contributed by atoms with Gasteiger partial charge in [-0.15, -0.1) is 11.3 Å². The SMILES string of the molecule is CCc1ccc([C@@H](C(=O)NC2CCCC2)N(C(=O)CNC(=O)c2cccs2)c2cccnc2)cc1. The average Bonchev–Trinajstić information content (AvgIpc) is 3.61. The molecule has 0 saturated heterocycles. The largest absolute Gasteiger partial charge is 0.351 e. The molecule has 4 rings (SSSR count). The van der Waals surface area contributed by atoms with Crippen LogP contribution in [0.3, 0.4) is 0 Å². The highest BCUT2D eigenvalue weighted by atomic mass is 32.1. The van der Waals surface area contributed by atoms with Crippen LogP contribution in [0, 0.1) is 0 Å². The van der Waals surface area contributed by atoms with Gasteiger partial charge in [0.15, 0.2) is 0 Å². The molecule has 1 fully saturated rings. The molecular weight excluding hydrogens is 460 g/mol. The number of aromatic nitrogens is 1. The molecule has 1 aromatic carbocycles. The molecule has 3 amide bonds. The Morgan fingerprint density at radius 1 is 1.09 bits per heavy atom. The van der Waals surface area contributed by atoms with Crippen LogP contribution in [0.1, 0.15) is 59.4 Å². The lowest BCUT2D eigenvalue weighted by molar-refractivity contribution is -0.126. The lowest BCUT2D eigenvalue weighted by Crippen LogP contribution is -2.49. The number of aryl methyl sites for hydroxylation is 1. The van der Waals surface area contributed by atoms with Crippen molar-refractivity contribution in [3.63, 3.8) is 0 Å². The van der Waals surface area contributed by atoms with E-state index in [2.05, 4.69) is 22.5 Å². The number of nitrogens with zero attached hydrogens (tertiary/aromatic N) is 2. The number of amides is 3. The molecule has 1 aliphatic rings. The van der Waals surface area contributed by atoms with Gasteiger partial charge in [0.2, 0.25) is 11.8 Å². The van der Waals surface area contributed by atoms with E-state index < -0.39 is 11.9 Å². The van der Waals surface area contributed by atoms with E-state index in [1.807, 2.05) is 29.6 Å². The summed E-state index contributed by atoms with van der Waals surface area (Å²) in [6.45, 7) is 1.83. The van der Waals surface area contributed by atoms with Crippen LogP contribution >= 0.6 is 11.3 Å². The zero-order valence-electron chi connectivity index (χ0n) is 19.8. The van der Waals surface area contributed by atoms with E-state index in [0.717, 1.165) is 37.7 Å². The van der Waals surface area contributed by atoms with Crippen LogP contribution in [0.25, 0.3) is 0 Å². The fraction of sp³-hybridized carbons (Fsp3) is 0.333. The number of pyridine rings is 1. The number of anilines is 1. The van der Waals surface area contributed by atoms with Gasteiger partial charge in [0, 0.05) is 12.2 Å². The number of benzene rings is 1. The van der Waals surface area contributed by atoms with E-state index in [1.165, 1.54) is 16.2 Å². The van der Waals surface area contributed by atoms with E-state index in [9.17, 15) is 14.4 Å². The van der Waals surface area contributed by atoms with E-state index in [4.69, 9.17) is 0 Å². The van der Waals surface area contributed by atoms with Gasteiger partial charge in [-0.1, -0.05) is 50.1 Å². The summed E-state index contributed by atoms with van der Waals surface area (Å²) >= 11 is 1.31. The fourth-order valence-electron chi connectivity index (χ4n) is 4.37. The van der Waals surface area contributed by atoms with Gasteiger partial charge in [0.25, 0.3) is 5.91 Å². The van der Waals surface area contributed by atoms with Crippen LogP contribution in [0.5, 0.6) is 0 Å². The average molecular weight is 491 g/mol. The standard InChI is InChI=1S/C27H30N4O3S/c1-2-19-11-13-20(14-12-19)25(27(34)30-21-7-3-4-8-21)31(22-9-5-15-28-17-22)24(32)18-29-26(33)23-10-6-16-35-23/h5-6,9-17,21,25H,2-4,7-8,18H2,1H3,(H,29,33)(H,30,34)/t25-/m0/s1. The van der Waals surface area contributed by atoms with Gasteiger partial charge in [0.05, 0.1) is 23.3 Å². The first-order chi connectivity index (χ1) is 17.1. The molecule has 1 aliphatic carbocycles. The molecular formula is C27H30N4O3S. The first-order valence-corrected chi connectivity index (χ1v) is 12.9. The van der Waals surface area contributed by atoms with E-state index in [-0.39, 0.29) is 24.4 Å². The molecule has 0 radical (unpaired) electrons. The van der Waals surface area contributed by atoms with E-state index in [1.54, 1.807) is 36.7 Å². The summed E-state index contributed by atoms with van der Waals surface area (Å²) in [5.41, 5.74) is 2.35. The molecule has 182 valence electrons. The quantitative estimate of drug-likeness (QED) is 0.469. The van der Waals surface area contributed by atoms with Crippen LogP contribution in [-0.4, -0.2) is 35.3 Å². The third kappa shape index (κ3) is 6.14. The number of hydrogen-bond acceptors (Lipinski definition) is 5. The maximum Gasteiger partial charge on any atom is 0.261 e. The first kappa shape index (κ1) is 24.6. The molecule has 2 heterocycles. The second-order valence-corrected chi connectivity index (χ2v) is 9.57. The Balaban J connectivity index is 1.66. The topological polar surface area (TPSA) is 91.4 Å². The number of carbonyl (C=O) groups excluding carboxylic acids is 3. The summed E-state index contributed by atoms with van der Waals surface area (Å²) in [5, 5.41) is 7.67. The highest BCUT2D eigenvalue weighted by Gasteiger charge is 2.34. The highest BCUT2D eigenvalue weighted by Crippen LogP contribution is 2.29. The van der Waals surface area contributed by atoms with Crippen molar-refractivity contribution in [2.45, 2.75) is 51.1 Å². The number of nitrogens with one attached hydrogen (secondary N) is 2. The number of rotatable bonds is 9. The van der Waals surface area contributed by atoms with Crippen molar-refractivity contribution in [2.24, 2.45) is 0 Å². The third-order valence-corrected chi connectivity index (χ3v) is 7.12. The van der Waals surface area contributed by atoms with Crippen molar-refractivity contribution in [1.29, 1.82) is 0 Å². The number of hydrogen-bond donors (Lipinski definition) is 2. The molecule has 1 atom stereocenters. The van der Waals surface area contributed by atoms with Crippen molar-refractivity contribution >= 4 is 34.7 Å². The molecule has 2 N–H and O–H groups in total. The van der Waals surface area contributed by atoms with Crippen molar-refractivity contribution in [3.8, 4) is 0 Å². The maximum absolute atomic E-state index is 13.7. The summed E-state index contributed by atoms with van der Waals surface area (Å²) in [7, 11) is 0. The lowest BCUT2D eigenvalue weighted by Gasteiger charge is -2.32. The van der Waals surface area contributed by atoms with Gasteiger partial charge in [-0.3, -0.25) is 24.3 Å². The summed E-state index contributed by atoms with van der Waals surface area (Å²) < 4.78 is 0. The van der Waals surface area contributed by atoms with Crippen molar-refractivity contribution in [3.05, 3.63) is 82.3 Å². The Labute approximate surface area is 209 Å². The normalized spacial score (nSPS) is 14.3. The summed E-state index contributed by atoms with van der Waals surface area (Å²) in [6, 6.07) is 13.9. The smallest absolute Gasteiger partial charge is 0.261 e. The molecule has 8 heteroatoms. The predicted molar refractivity (Wildman–Crippen MR) is 137 cm³/mol. The molecule has 0 aliphatic heterocycles. The van der Waals surface area contributed by atoms with Crippen molar-refractivity contribution in [2.75, 3.05) is 11.4 Å². The second-order valence-electron chi connectivity index (χ2n) is 8.62. The minimum atomic E-state index is -0.892. The maximum atomic E-state index is 13.7. The Bertz CT molecular complexity index is 1130. The Hall–Kier alpha value is -3.52. The Kier molecular flexibility index (Phi) is 8.26. The lowest BCUT2D eigenvalue weighted by atomic mass is 10.00. The van der Waals surface area contributed by atoms with Crippen LogP contribution in [0.2, 0.25) is 0 Å². The zero-order valence-corrected chi connectivity index (χ0v) is 20.6. The third-order valence-electron chi connectivity index (χ3n) is 6.25. The Morgan fingerprint density at radius 2 is 1.86 bits per heavy atom. The van der Waals surface area contributed by atoms with E-state index >= 15 is 0 Å². The van der Waals surface area contributed by atoms with Crippen LogP contribution in [-0.2, 0) is 16.0 Å². The van der Waals surface area contributed by atoms with Gasteiger partial charge >= 0.3 is 0 Å². The predicted octanol–water partition coefficient (Wildman–Crippen LogP) is 4.27. The monoisotopic (exact) mass is 490 g/mol. The summed E-state index contributed by atoms with van der Waals surface area (Å²) in [5.74, 6) is -0.948. The molecule has 2 aromatic heterocycles. The minimum absolute atomic E-state index is 0.101. The minimum Gasteiger partial charge on any atom is -0.351 e. The van der Waals surface area contributed by atoms with Crippen molar-refractivity contribution in [1.82, 2.24) is 15.6 Å². The molecule has 0 bridgehead atoms. The first-order valence-electron chi connectivity index (χ1n) is 12.0. The van der Waals surface area contributed by atoms with Crippen LogP contribution in [0.15, 0.2) is 66.3 Å². The Morgan fingerprint density at radius 3 is 2.49 bits per heavy atom. The zero-order chi connectivity index (χ0) is 24.6. The van der Waals surface area contributed by atoms with E-state index in [0.29, 0.717) is 16.1 Å². The van der Waals surface area contributed by atoms with Gasteiger partial charge in [0.1, 0.15) is 6.04 Å². The van der Waals surface area contributed by atoms with Gasteiger partial charge in [-0.25, -0.2) is 0 Å². The molecule has 7 nitrogen and oxygen atoms in total. The van der Waals surface area contributed by atoms with Crippen molar-refractivity contribution < 1.29 is 14.4 Å². The fourth-order valence-corrected chi connectivity index (χ4v) is 5.01. The number of carbonyl (C=O) groups is 3. The van der Waals surface area contributed by atoms with Crippen LogP contribution in [0.4, 0.5) is 5.69 Å². The van der Waals surface area contributed by atoms with Gasteiger partial charge < -0.3 is 10.6 Å². The summed E-state index contributed by atoms with van der Waals surface area (Å²) in [6.07, 6.45) is 8.10. The molecule has 35 heavy (non-hydrogen) atoms. The second kappa shape index (κ2) is 11.8. The van der Waals surface area contributed by atoms with Gasteiger partial charge in [-0.2, -0.15) is 0 Å². The van der Waals surface area contributed by atoms with Gasteiger partial charge in [-0.05, 0) is 54.0 Å². The molecule has 1 saturated carbocycles.